The topological polar surface area (TPSA) is 66.4 Å². The summed E-state index contributed by atoms with van der Waals surface area (Å²) in [6.45, 7) is 5.40. The molecule has 1 aromatic heterocycles. The molecule has 1 spiro atoms. The molecule has 6 nitrogen and oxygen atoms in total. The van der Waals surface area contributed by atoms with E-state index in [-0.39, 0.29) is 24.2 Å². The van der Waals surface area contributed by atoms with E-state index in [4.69, 9.17) is 0 Å². The molecule has 2 fully saturated rings. The van der Waals surface area contributed by atoms with Crippen LogP contribution in [0.3, 0.4) is 0 Å². The zero-order chi connectivity index (χ0) is 20.6. The van der Waals surface area contributed by atoms with Crippen LogP contribution in [-0.2, 0) is 11.3 Å². The zero-order valence-electron chi connectivity index (χ0n) is 16.8. The number of piperidine rings is 1. The summed E-state index contributed by atoms with van der Waals surface area (Å²) in [5.41, 5.74) is 1.07. The summed E-state index contributed by atoms with van der Waals surface area (Å²) >= 11 is 0. The van der Waals surface area contributed by atoms with Gasteiger partial charge in [-0.15, -0.1) is 0 Å². The van der Waals surface area contributed by atoms with Crippen molar-refractivity contribution in [2.75, 3.05) is 19.6 Å². The fourth-order valence-corrected chi connectivity index (χ4v) is 4.55. The number of benzene rings is 1. The van der Waals surface area contributed by atoms with Gasteiger partial charge < -0.3 is 9.80 Å². The minimum Gasteiger partial charge on any atom is -0.338 e. The van der Waals surface area contributed by atoms with Gasteiger partial charge in [0.05, 0.1) is 5.41 Å². The number of rotatable bonds is 3. The Morgan fingerprint density at radius 3 is 2.72 bits per heavy atom. The molecule has 2 aliphatic heterocycles. The minimum atomic E-state index is -0.573. The monoisotopic (exact) mass is 396 g/mol. The van der Waals surface area contributed by atoms with Crippen LogP contribution < -0.4 is 0 Å². The number of nitrogens with zero attached hydrogens (tertiary/aromatic N) is 4. The highest BCUT2D eigenvalue weighted by atomic mass is 19.1. The summed E-state index contributed by atoms with van der Waals surface area (Å²) in [4.78, 5) is 38.2. The molecule has 2 saturated heterocycles. The second-order valence-electron chi connectivity index (χ2n) is 8.12. The van der Waals surface area contributed by atoms with Crippen LogP contribution in [0.4, 0.5) is 4.39 Å². The van der Waals surface area contributed by atoms with E-state index < -0.39 is 5.41 Å². The molecule has 0 N–H and O–H groups in total. The first-order valence-electron chi connectivity index (χ1n) is 10.0. The summed E-state index contributed by atoms with van der Waals surface area (Å²) in [6, 6.07) is 8.25. The summed E-state index contributed by atoms with van der Waals surface area (Å²) in [7, 11) is 0. The van der Waals surface area contributed by atoms with Crippen LogP contribution in [0.15, 0.2) is 30.3 Å². The van der Waals surface area contributed by atoms with Crippen LogP contribution in [0.5, 0.6) is 0 Å². The Labute approximate surface area is 169 Å². The third kappa shape index (κ3) is 3.73. The molecule has 3 heterocycles. The molecule has 1 unspecified atom stereocenters. The molecule has 2 amide bonds. The number of amides is 2. The maximum atomic E-state index is 14.1. The van der Waals surface area contributed by atoms with Crippen molar-refractivity contribution in [2.45, 2.75) is 39.7 Å². The van der Waals surface area contributed by atoms with Gasteiger partial charge in [0.25, 0.3) is 5.91 Å². The lowest BCUT2D eigenvalue weighted by Gasteiger charge is -2.39. The highest BCUT2D eigenvalue weighted by Crippen LogP contribution is 2.41. The normalized spacial score (nSPS) is 21.8. The minimum absolute atomic E-state index is 0.0253. The predicted octanol–water partition coefficient (Wildman–Crippen LogP) is 2.89. The Morgan fingerprint density at radius 2 is 1.97 bits per heavy atom. The van der Waals surface area contributed by atoms with Crippen LogP contribution in [-0.4, -0.2) is 51.2 Å². The number of halogens is 1. The van der Waals surface area contributed by atoms with Crippen molar-refractivity contribution in [1.29, 1.82) is 0 Å². The third-order valence-electron chi connectivity index (χ3n) is 5.97. The Hall–Kier alpha value is -2.83. The molecule has 0 aliphatic carbocycles. The SMILES string of the molecule is Cc1cc(C(=O)N2CCC3(CCCN(Cc4ccccc4F)C3=O)C2)nc(C)n1. The number of hydrogen-bond donors (Lipinski definition) is 0. The van der Waals surface area contributed by atoms with Crippen molar-refractivity contribution in [3.05, 3.63) is 58.9 Å². The first-order chi connectivity index (χ1) is 13.9. The number of aryl methyl sites for hydroxylation is 2. The number of carbonyl (C=O) groups is 2. The van der Waals surface area contributed by atoms with Crippen molar-refractivity contribution in [1.82, 2.24) is 19.8 Å². The van der Waals surface area contributed by atoms with Crippen molar-refractivity contribution >= 4 is 11.8 Å². The number of aromatic nitrogens is 2. The van der Waals surface area contributed by atoms with E-state index in [0.29, 0.717) is 43.1 Å². The van der Waals surface area contributed by atoms with Crippen molar-refractivity contribution in [3.63, 3.8) is 0 Å². The second kappa shape index (κ2) is 7.54. The standard InChI is InChI=1S/C22H25FN4O2/c1-15-12-19(25-16(2)24-15)20(28)27-11-9-22(14-27)8-5-10-26(21(22)29)13-17-6-3-4-7-18(17)23/h3-4,6-7,12H,5,8-11,13-14H2,1-2H3. The highest BCUT2D eigenvalue weighted by molar-refractivity contribution is 5.94. The molecule has 0 radical (unpaired) electrons. The van der Waals surface area contributed by atoms with Crippen LogP contribution >= 0.6 is 0 Å². The van der Waals surface area contributed by atoms with E-state index in [9.17, 15) is 14.0 Å². The summed E-state index contributed by atoms with van der Waals surface area (Å²) in [5, 5.41) is 0. The number of hydrogen-bond acceptors (Lipinski definition) is 4. The lowest BCUT2D eigenvalue weighted by atomic mass is 9.78. The van der Waals surface area contributed by atoms with Gasteiger partial charge in [-0.1, -0.05) is 18.2 Å². The number of carbonyl (C=O) groups excluding carboxylic acids is 2. The van der Waals surface area contributed by atoms with Gasteiger partial charge in [-0.2, -0.15) is 0 Å². The number of likely N-dealkylation sites (tertiary alicyclic amines) is 2. The van der Waals surface area contributed by atoms with Gasteiger partial charge >= 0.3 is 0 Å². The molecule has 2 aliphatic rings. The van der Waals surface area contributed by atoms with Gasteiger partial charge in [0.2, 0.25) is 5.91 Å². The Balaban J connectivity index is 1.50. The van der Waals surface area contributed by atoms with Crippen LogP contribution in [0.1, 0.15) is 46.8 Å². The van der Waals surface area contributed by atoms with Crippen molar-refractivity contribution < 1.29 is 14.0 Å². The van der Waals surface area contributed by atoms with Crippen molar-refractivity contribution in [3.8, 4) is 0 Å². The Bertz CT molecular complexity index is 943. The molecule has 7 heteroatoms. The quantitative estimate of drug-likeness (QED) is 0.800. The van der Waals surface area contributed by atoms with Gasteiger partial charge in [-0.3, -0.25) is 9.59 Å². The van der Waals surface area contributed by atoms with E-state index in [2.05, 4.69) is 9.97 Å². The molecule has 0 saturated carbocycles. The zero-order valence-corrected chi connectivity index (χ0v) is 16.8. The summed E-state index contributed by atoms with van der Waals surface area (Å²) < 4.78 is 14.1. The molecule has 29 heavy (non-hydrogen) atoms. The summed E-state index contributed by atoms with van der Waals surface area (Å²) in [6.07, 6.45) is 2.24. The largest absolute Gasteiger partial charge is 0.338 e. The molecule has 0 bridgehead atoms. The van der Waals surface area contributed by atoms with Gasteiger partial charge in [0.1, 0.15) is 17.3 Å². The van der Waals surface area contributed by atoms with Gasteiger partial charge in [0, 0.05) is 37.4 Å². The van der Waals surface area contributed by atoms with Gasteiger partial charge in [0.15, 0.2) is 0 Å². The van der Waals surface area contributed by atoms with Crippen LogP contribution in [0.2, 0.25) is 0 Å². The predicted molar refractivity (Wildman–Crippen MR) is 106 cm³/mol. The first kappa shape index (κ1) is 19.5. The maximum absolute atomic E-state index is 14.1. The molecule has 1 aromatic carbocycles. The lowest BCUT2D eigenvalue weighted by Crippen LogP contribution is -2.50. The van der Waals surface area contributed by atoms with Crippen LogP contribution in [0.25, 0.3) is 0 Å². The third-order valence-corrected chi connectivity index (χ3v) is 5.97. The smallest absolute Gasteiger partial charge is 0.272 e. The fraction of sp³-hybridized carbons (Fsp3) is 0.455. The van der Waals surface area contributed by atoms with E-state index >= 15 is 0 Å². The molecule has 1 atom stereocenters. The van der Waals surface area contributed by atoms with Crippen molar-refractivity contribution in [2.24, 2.45) is 5.41 Å². The summed E-state index contributed by atoms with van der Waals surface area (Å²) in [5.74, 6) is 0.136. The molecule has 2 aromatic rings. The van der Waals surface area contributed by atoms with Crippen LogP contribution in [0, 0.1) is 25.1 Å². The average Bonchev–Trinajstić information content (AvgIpc) is 3.11. The van der Waals surface area contributed by atoms with E-state index in [0.717, 1.165) is 18.5 Å². The van der Waals surface area contributed by atoms with E-state index in [1.165, 1.54) is 6.07 Å². The Kier molecular flexibility index (Phi) is 5.06. The fourth-order valence-electron chi connectivity index (χ4n) is 4.55. The average molecular weight is 396 g/mol. The van der Waals surface area contributed by atoms with E-state index in [1.807, 2.05) is 6.92 Å². The molecule has 4 rings (SSSR count). The van der Waals surface area contributed by atoms with Gasteiger partial charge in [-0.25, -0.2) is 14.4 Å². The lowest BCUT2D eigenvalue weighted by molar-refractivity contribution is -0.146. The molecule has 152 valence electrons. The van der Waals surface area contributed by atoms with Gasteiger partial charge in [-0.05, 0) is 45.2 Å². The van der Waals surface area contributed by atoms with E-state index in [1.54, 1.807) is 41.0 Å². The first-order valence-corrected chi connectivity index (χ1v) is 10.0. The molecular formula is C22H25FN4O2. The molecular weight excluding hydrogens is 371 g/mol. The highest BCUT2D eigenvalue weighted by Gasteiger charge is 2.49. The second-order valence-corrected chi connectivity index (χ2v) is 8.12. The Morgan fingerprint density at radius 1 is 1.17 bits per heavy atom. The maximum Gasteiger partial charge on any atom is 0.272 e.